The van der Waals surface area contributed by atoms with Crippen molar-refractivity contribution in [3.63, 3.8) is 0 Å². The number of carbonyl (C=O) groups excluding carboxylic acids is 1. The van der Waals surface area contributed by atoms with Gasteiger partial charge in [-0.05, 0) is 24.0 Å². The van der Waals surface area contributed by atoms with Crippen LogP contribution in [0.25, 0.3) is 0 Å². The highest BCUT2D eigenvalue weighted by molar-refractivity contribution is 7.15. The van der Waals surface area contributed by atoms with Crippen molar-refractivity contribution in [2.75, 3.05) is 11.9 Å². The number of amides is 1. The molecule has 0 unspecified atom stereocenters. The number of carbonyl (C=O) groups is 1. The average molecular weight is 333 g/mol. The van der Waals surface area contributed by atoms with Crippen LogP contribution in [-0.2, 0) is 11.2 Å². The molecular formula is C17H23N3O2S. The Kier molecular flexibility index (Phi) is 6.52. The van der Waals surface area contributed by atoms with Gasteiger partial charge in [0.1, 0.15) is 10.8 Å². The lowest BCUT2D eigenvalue weighted by molar-refractivity contribution is -0.118. The third kappa shape index (κ3) is 5.32. The first-order valence-electron chi connectivity index (χ1n) is 7.94. The van der Waals surface area contributed by atoms with E-state index in [4.69, 9.17) is 4.74 Å². The van der Waals surface area contributed by atoms with Gasteiger partial charge in [-0.1, -0.05) is 56.7 Å². The molecule has 2 aromatic rings. The maximum absolute atomic E-state index is 12.0. The first-order chi connectivity index (χ1) is 11.1. The van der Waals surface area contributed by atoms with Gasteiger partial charge in [-0.25, -0.2) is 0 Å². The smallest absolute Gasteiger partial charge is 0.264 e. The lowest BCUT2D eigenvalue weighted by Gasteiger charge is -2.13. The molecule has 0 spiro atoms. The normalized spacial score (nSPS) is 10.8. The molecule has 0 atom stereocenters. The third-order valence-corrected chi connectivity index (χ3v) is 4.26. The van der Waals surface area contributed by atoms with Crippen molar-refractivity contribution in [1.82, 2.24) is 10.2 Å². The number of aromatic nitrogens is 2. The van der Waals surface area contributed by atoms with Gasteiger partial charge in [0.05, 0.1) is 0 Å². The molecule has 0 fully saturated rings. The first kappa shape index (κ1) is 17.4. The highest BCUT2D eigenvalue weighted by Gasteiger charge is 2.11. The number of hydrogen-bond acceptors (Lipinski definition) is 5. The van der Waals surface area contributed by atoms with E-state index in [0.717, 1.165) is 35.6 Å². The Morgan fingerprint density at radius 2 is 2.09 bits per heavy atom. The zero-order valence-corrected chi connectivity index (χ0v) is 14.7. The molecule has 0 aliphatic heterocycles. The van der Waals surface area contributed by atoms with Crippen LogP contribution in [0.15, 0.2) is 24.3 Å². The molecule has 1 amide bonds. The number of hydrogen-bond donors (Lipinski definition) is 1. The molecular weight excluding hydrogens is 310 g/mol. The van der Waals surface area contributed by atoms with Crippen LogP contribution in [0.2, 0.25) is 0 Å². The van der Waals surface area contributed by atoms with Crippen molar-refractivity contribution in [3.05, 3.63) is 34.8 Å². The largest absolute Gasteiger partial charge is 0.483 e. The standard InChI is InChI=1S/C17H23N3O2S/c1-4-5-10-16-19-20-17(23-16)18-15(21)11-22-14-9-7-6-8-13(14)12(2)3/h6-9,12H,4-5,10-11H2,1-3H3,(H,18,20,21). The summed E-state index contributed by atoms with van der Waals surface area (Å²) < 4.78 is 5.65. The highest BCUT2D eigenvalue weighted by atomic mass is 32.1. The molecule has 6 heteroatoms. The molecule has 124 valence electrons. The van der Waals surface area contributed by atoms with Crippen LogP contribution < -0.4 is 10.1 Å². The zero-order valence-electron chi connectivity index (χ0n) is 13.8. The fourth-order valence-corrected chi connectivity index (χ4v) is 2.92. The zero-order chi connectivity index (χ0) is 16.7. The van der Waals surface area contributed by atoms with E-state index in [1.54, 1.807) is 0 Å². The summed E-state index contributed by atoms with van der Waals surface area (Å²) in [7, 11) is 0. The van der Waals surface area contributed by atoms with E-state index in [1.165, 1.54) is 11.3 Å². The molecule has 0 radical (unpaired) electrons. The number of nitrogens with one attached hydrogen (secondary N) is 1. The molecule has 1 heterocycles. The molecule has 1 N–H and O–H groups in total. The molecule has 5 nitrogen and oxygen atoms in total. The maximum atomic E-state index is 12.0. The minimum atomic E-state index is -0.221. The van der Waals surface area contributed by atoms with Gasteiger partial charge in [-0.3, -0.25) is 10.1 Å². The number of benzene rings is 1. The first-order valence-corrected chi connectivity index (χ1v) is 8.75. The summed E-state index contributed by atoms with van der Waals surface area (Å²) in [6, 6.07) is 7.78. The fraction of sp³-hybridized carbons (Fsp3) is 0.471. The van der Waals surface area contributed by atoms with Crippen molar-refractivity contribution < 1.29 is 9.53 Å². The Labute approximate surface area is 141 Å². The molecule has 0 aliphatic carbocycles. The van der Waals surface area contributed by atoms with E-state index < -0.39 is 0 Å². The van der Waals surface area contributed by atoms with E-state index in [2.05, 4.69) is 36.3 Å². The van der Waals surface area contributed by atoms with E-state index in [0.29, 0.717) is 11.0 Å². The minimum Gasteiger partial charge on any atom is -0.483 e. The summed E-state index contributed by atoms with van der Waals surface area (Å²) in [6.45, 7) is 6.30. The van der Waals surface area contributed by atoms with Crippen LogP contribution in [0.3, 0.4) is 0 Å². The van der Waals surface area contributed by atoms with Crippen molar-refractivity contribution in [2.45, 2.75) is 46.0 Å². The Morgan fingerprint density at radius 3 is 2.83 bits per heavy atom. The summed E-state index contributed by atoms with van der Waals surface area (Å²) in [4.78, 5) is 12.0. The van der Waals surface area contributed by atoms with Crippen LogP contribution in [0.5, 0.6) is 5.75 Å². The van der Waals surface area contributed by atoms with Gasteiger partial charge in [0, 0.05) is 6.42 Å². The predicted octanol–water partition coefficient (Wildman–Crippen LogP) is 4.02. The summed E-state index contributed by atoms with van der Waals surface area (Å²) in [5.41, 5.74) is 1.10. The summed E-state index contributed by atoms with van der Waals surface area (Å²) in [6.07, 6.45) is 3.10. The van der Waals surface area contributed by atoms with Crippen LogP contribution in [0.1, 0.15) is 50.1 Å². The minimum absolute atomic E-state index is 0.0341. The number of para-hydroxylation sites is 1. The predicted molar refractivity (Wildman–Crippen MR) is 93.2 cm³/mol. The summed E-state index contributed by atoms with van der Waals surface area (Å²) >= 11 is 1.42. The summed E-state index contributed by atoms with van der Waals surface area (Å²) in [5, 5.41) is 12.3. The topological polar surface area (TPSA) is 64.1 Å². The van der Waals surface area contributed by atoms with Crippen molar-refractivity contribution in [3.8, 4) is 5.75 Å². The van der Waals surface area contributed by atoms with Gasteiger partial charge in [0.25, 0.3) is 5.91 Å². The van der Waals surface area contributed by atoms with Gasteiger partial charge in [0.2, 0.25) is 5.13 Å². The Morgan fingerprint density at radius 1 is 1.30 bits per heavy atom. The quantitative estimate of drug-likeness (QED) is 0.792. The van der Waals surface area contributed by atoms with E-state index in [-0.39, 0.29) is 12.5 Å². The van der Waals surface area contributed by atoms with Gasteiger partial charge in [0.15, 0.2) is 6.61 Å². The SMILES string of the molecule is CCCCc1nnc(NC(=O)COc2ccccc2C(C)C)s1. The average Bonchev–Trinajstić information content (AvgIpc) is 2.98. The lowest BCUT2D eigenvalue weighted by Crippen LogP contribution is -2.20. The second kappa shape index (κ2) is 8.62. The fourth-order valence-electron chi connectivity index (χ4n) is 2.12. The monoisotopic (exact) mass is 333 g/mol. The van der Waals surface area contributed by atoms with Crippen LogP contribution >= 0.6 is 11.3 Å². The van der Waals surface area contributed by atoms with Gasteiger partial charge in [-0.15, -0.1) is 10.2 Å². The number of ether oxygens (including phenoxy) is 1. The lowest BCUT2D eigenvalue weighted by atomic mass is 10.0. The molecule has 1 aromatic heterocycles. The number of anilines is 1. The number of rotatable bonds is 8. The van der Waals surface area contributed by atoms with E-state index in [1.807, 2.05) is 24.3 Å². The Hall–Kier alpha value is -1.95. The van der Waals surface area contributed by atoms with Crippen LogP contribution in [-0.4, -0.2) is 22.7 Å². The molecule has 23 heavy (non-hydrogen) atoms. The maximum Gasteiger partial charge on any atom is 0.264 e. The molecule has 0 saturated heterocycles. The molecule has 0 aliphatic rings. The van der Waals surface area contributed by atoms with Crippen molar-refractivity contribution in [1.29, 1.82) is 0 Å². The van der Waals surface area contributed by atoms with Gasteiger partial charge < -0.3 is 4.74 Å². The van der Waals surface area contributed by atoms with Crippen LogP contribution in [0.4, 0.5) is 5.13 Å². The summed E-state index contributed by atoms with van der Waals surface area (Å²) in [5.74, 6) is 0.874. The second-order valence-corrected chi connectivity index (χ2v) is 6.70. The molecule has 0 bridgehead atoms. The van der Waals surface area contributed by atoms with Crippen molar-refractivity contribution in [2.24, 2.45) is 0 Å². The third-order valence-electron chi connectivity index (χ3n) is 3.36. The van der Waals surface area contributed by atoms with Crippen LogP contribution in [0, 0.1) is 0 Å². The number of aryl methyl sites for hydroxylation is 1. The van der Waals surface area contributed by atoms with Crippen molar-refractivity contribution >= 4 is 22.4 Å². The van der Waals surface area contributed by atoms with Gasteiger partial charge >= 0.3 is 0 Å². The molecule has 2 rings (SSSR count). The van der Waals surface area contributed by atoms with Gasteiger partial charge in [-0.2, -0.15) is 0 Å². The second-order valence-electron chi connectivity index (χ2n) is 5.63. The number of nitrogens with zero attached hydrogens (tertiary/aromatic N) is 2. The van der Waals surface area contributed by atoms with E-state index in [9.17, 15) is 4.79 Å². The Balaban J connectivity index is 1.87. The molecule has 0 saturated carbocycles. The van der Waals surface area contributed by atoms with E-state index >= 15 is 0 Å². The Bertz CT molecular complexity index is 640. The molecule has 1 aromatic carbocycles. The number of unbranched alkanes of at least 4 members (excludes halogenated alkanes) is 1. The highest BCUT2D eigenvalue weighted by Crippen LogP contribution is 2.25.